The van der Waals surface area contributed by atoms with Crippen LogP contribution in [0.4, 0.5) is 0 Å². The van der Waals surface area contributed by atoms with E-state index in [4.69, 9.17) is 14.2 Å². The second-order valence-electron chi connectivity index (χ2n) is 8.37. The standard InChI is InChI=1S/C25H28N6O6S/c1-15(24(32)17-12-26-16(2)27-13-17)38(33,34)14-21-29-30-25(18-8-6-11-22(28-18)37-5)31(21)23-19(35-3)9-7-10-20(23)36-4/h6-13,15,24,32H,14H2,1-5H3/t15-,24-/m1/s1. The third-order valence-corrected chi connectivity index (χ3v) is 8.05. The number of para-hydroxylation sites is 1. The lowest BCUT2D eigenvalue weighted by Gasteiger charge is -2.20. The second-order valence-corrected chi connectivity index (χ2v) is 10.7. The van der Waals surface area contributed by atoms with Crippen LogP contribution in [0.1, 0.15) is 30.2 Å². The number of pyridine rings is 1. The number of aliphatic hydroxyl groups excluding tert-OH is 1. The summed E-state index contributed by atoms with van der Waals surface area (Å²) in [5, 5.41) is 18.1. The van der Waals surface area contributed by atoms with Gasteiger partial charge in [-0.1, -0.05) is 12.1 Å². The fourth-order valence-electron chi connectivity index (χ4n) is 3.85. The van der Waals surface area contributed by atoms with Gasteiger partial charge in [0.2, 0.25) is 5.88 Å². The molecule has 0 aliphatic rings. The van der Waals surface area contributed by atoms with Gasteiger partial charge < -0.3 is 19.3 Å². The molecule has 4 aromatic rings. The number of benzene rings is 1. The quantitative estimate of drug-likeness (QED) is 0.316. The summed E-state index contributed by atoms with van der Waals surface area (Å²) in [7, 11) is 0.494. The van der Waals surface area contributed by atoms with Crippen molar-refractivity contribution in [3.8, 4) is 34.6 Å². The number of hydrogen-bond acceptors (Lipinski definition) is 11. The van der Waals surface area contributed by atoms with E-state index in [0.717, 1.165) is 0 Å². The molecule has 1 aromatic carbocycles. The Hall–Kier alpha value is -4.10. The molecule has 4 rings (SSSR count). The molecule has 0 spiro atoms. The number of aromatic nitrogens is 6. The minimum atomic E-state index is -3.98. The summed E-state index contributed by atoms with van der Waals surface area (Å²) in [6.07, 6.45) is 1.47. The maximum atomic E-state index is 13.5. The van der Waals surface area contributed by atoms with Gasteiger partial charge in [-0.25, -0.2) is 23.4 Å². The second kappa shape index (κ2) is 11.1. The van der Waals surface area contributed by atoms with E-state index in [1.54, 1.807) is 43.3 Å². The molecule has 0 unspecified atom stereocenters. The van der Waals surface area contributed by atoms with Crippen molar-refractivity contribution < 1.29 is 27.7 Å². The van der Waals surface area contributed by atoms with Crippen molar-refractivity contribution in [1.29, 1.82) is 0 Å². The highest BCUT2D eigenvalue weighted by molar-refractivity contribution is 7.91. The van der Waals surface area contributed by atoms with Crippen LogP contribution in [0.5, 0.6) is 17.4 Å². The van der Waals surface area contributed by atoms with Gasteiger partial charge in [0.25, 0.3) is 0 Å². The Morgan fingerprint density at radius 2 is 1.58 bits per heavy atom. The topological polar surface area (TPSA) is 151 Å². The van der Waals surface area contributed by atoms with Crippen molar-refractivity contribution in [2.45, 2.75) is 31.0 Å². The fourth-order valence-corrected chi connectivity index (χ4v) is 5.21. The number of hydrogen-bond donors (Lipinski definition) is 1. The molecule has 0 aliphatic heterocycles. The van der Waals surface area contributed by atoms with Crippen LogP contribution in [0.3, 0.4) is 0 Å². The zero-order valence-electron chi connectivity index (χ0n) is 21.6. The van der Waals surface area contributed by atoms with Gasteiger partial charge in [0, 0.05) is 24.0 Å². The van der Waals surface area contributed by atoms with Crippen LogP contribution in [0.25, 0.3) is 17.2 Å². The third kappa shape index (κ3) is 5.29. The Balaban J connectivity index is 1.84. The minimum Gasteiger partial charge on any atom is -0.494 e. The molecule has 0 fully saturated rings. The van der Waals surface area contributed by atoms with Gasteiger partial charge in [-0.2, -0.15) is 0 Å². The maximum Gasteiger partial charge on any atom is 0.213 e. The lowest BCUT2D eigenvalue weighted by molar-refractivity contribution is 0.175. The highest BCUT2D eigenvalue weighted by atomic mass is 32.2. The smallest absolute Gasteiger partial charge is 0.213 e. The van der Waals surface area contributed by atoms with Crippen molar-refractivity contribution in [2.75, 3.05) is 21.3 Å². The van der Waals surface area contributed by atoms with E-state index in [-0.39, 0.29) is 11.6 Å². The van der Waals surface area contributed by atoms with Gasteiger partial charge in [0.05, 0.1) is 32.7 Å². The summed E-state index contributed by atoms with van der Waals surface area (Å²) >= 11 is 0. The van der Waals surface area contributed by atoms with E-state index < -0.39 is 26.9 Å². The Labute approximate surface area is 220 Å². The van der Waals surface area contributed by atoms with Crippen molar-refractivity contribution in [3.63, 3.8) is 0 Å². The van der Waals surface area contributed by atoms with E-state index in [0.29, 0.717) is 40.1 Å². The largest absolute Gasteiger partial charge is 0.494 e. The first-order valence-electron chi connectivity index (χ1n) is 11.6. The van der Waals surface area contributed by atoms with Gasteiger partial charge in [-0.3, -0.25) is 4.57 Å². The first-order chi connectivity index (χ1) is 18.2. The molecule has 3 heterocycles. The van der Waals surface area contributed by atoms with Crippen LogP contribution in [-0.4, -0.2) is 69.8 Å². The van der Waals surface area contributed by atoms with Crippen molar-refractivity contribution >= 4 is 9.84 Å². The number of nitrogens with zero attached hydrogens (tertiary/aromatic N) is 6. The SMILES string of the molecule is COc1cccc(-c2nnc(CS(=O)(=O)[C@H](C)[C@@H](O)c3cnc(C)nc3)n2-c2c(OC)cccc2OC)n1. The molecule has 200 valence electrons. The Morgan fingerprint density at radius 1 is 0.947 bits per heavy atom. The predicted octanol–water partition coefficient (Wildman–Crippen LogP) is 2.49. The average Bonchev–Trinajstić information content (AvgIpc) is 3.34. The highest BCUT2D eigenvalue weighted by Crippen LogP contribution is 2.37. The molecular weight excluding hydrogens is 512 g/mol. The number of ether oxygens (including phenoxy) is 3. The van der Waals surface area contributed by atoms with Gasteiger partial charge in [-0.05, 0) is 32.0 Å². The van der Waals surface area contributed by atoms with Gasteiger partial charge in [0.15, 0.2) is 21.5 Å². The average molecular weight is 541 g/mol. The number of aliphatic hydroxyl groups is 1. The molecule has 1 N–H and O–H groups in total. The van der Waals surface area contributed by atoms with Gasteiger partial charge in [-0.15, -0.1) is 10.2 Å². The number of sulfone groups is 1. The molecule has 0 bridgehead atoms. The van der Waals surface area contributed by atoms with E-state index in [2.05, 4.69) is 25.1 Å². The van der Waals surface area contributed by atoms with Crippen LogP contribution >= 0.6 is 0 Å². The van der Waals surface area contributed by atoms with E-state index >= 15 is 0 Å². The number of rotatable bonds is 10. The normalized spacial score (nSPS) is 13.1. The van der Waals surface area contributed by atoms with Crippen LogP contribution < -0.4 is 14.2 Å². The van der Waals surface area contributed by atoms with E-state index in [1.807, 2.05) is 0 Å². The van der Waals surface area contributed by atoms with Crippen molar-refractivity contribution in [1.82, 2.24) is 29.7 Å². The maximum absolute atomic E-state index is 13.5. The van der Waals surface area contributed by atoms with Crippen LogP contribution in [0.15, 0.2) is 48.8 Å². The van der Waals surface area contributed by atoms with E-state index in [9.17, 15) is 13.5 Å². The van der Waals surface area contributed by atoms with Crippen LogP contribution in [0, 0.1) is 6.92 Å². The first kappa shape index (κ1) is 26.9. The van der Waals surface area contributed by atoms with Gasteiger partial charge in [0.1, 0.15) is 34.5 Å². The third-order valence-electron chi connectivity index (χ3n) is 6.00. The summed E-state index contributed by atoms with van der Waals surface area (Å²) in [6, 6.07) is 10.3. The first-order valence-corrected chi connectivity index (χ1v) is 13.3. The number of methoxy groups -OCH3 is 3. The molecule has 3 aromatic heterocycles. The van der Waals surface area contributed by atoms with Gasteiger partial charge >= 0.3 is 0 Å². The van der Waals surface area contributed by atoms with Crippen molar-refractivity contribution in [2.24, 2.45) is 0 Å². The Bertz CT molecular complexity index is 1500. The molecule has 2 atom stereocenters. The summed E-state index contributed by atoms with van der Waals surface area (Å²) in [5.74, 6) is 1.43. The molecule has 0 aliphatic carbocycles. The molecule has 0 saturated heterocycles. The molecule has 13 heteroatoms. The number of aryl methyl sites for hydroxylation is 1. The van der Waals surface area contributed by atoms with Crippen LogP contribution in [0.2, 0.25) is 0 Å². The summed E-state index contributed by atoms with van der Waals surface area (Å²) < 4.78 is 45.0. The Kier molecular flexibility index (Phi) is 7.88. The van der Waals surface area contributed by atoms with E-state index in [1.165, 1.54) is 45.2 Å². The molecule has 0 saturated carbocycles. The summed E-state index contributed by atoms with van der Waals surface area (Å²) in [5.41, 5.74) is 1.08. The lowest BCUT2D eigenvalue weighted by Crippen LogP contribution is -2.28. The molecule has 0 amide bonds. The lowest BCUT2D eigenvalue weighted by atomic mass is 10.1. The van der Waals surface area contributed by atoms with Crippen LogP contribution in [-0.2, 0) is 15.6 Å². The summed E-state index contributed by atoms with van der Waals surface area (Å²) in [4.78, 5) is 12.6. The zero-order valence-corrected chi connectivity index (χ0v) is 22.4. The highest BCUT2D eigenvalue weighted by Gasteiger charge is 2.33. The predicted molar refractivity (Wildman–Crippen MR) is 138 cm³/mol. The molecule has 0 radical (unpaired) electrons. The molecule has 12 nitrogen and oxygen atoms in total. The molecular formula is C25H28N6O6S. The fraction of sp³-hybridized carbons (Fsp3) is 0.320. The minimum absolute atomic E-state index is 0.0756. The monoisotopic (exact) mass is 540 g/mol. The molecule has 38 heavy (non-hydrogen) atoms. The summed E-state index contributed by atoms with van der Waals surface area (Å²) in [6.45, 7) is 3.12. The Morgan fingerprint density at radius 3 is 2.18 bits per heavy atom. The zero-order chi connectivity index (χ0) is 27.4. The van der Waals surface area contributed by atoms with Crippen molar-refractivity contribution in [3.05, 3.63) is 66.0 Å².